The quantitative estimate of drug-likeness (QED) is 0.794. The van der Waals surface area contributed by atoms with Gasteiger partial charge in [-0.15, -0.1) is 0 Å². The van der Waals surface area contributed by atoms with Crippen molar-refractivity contribution in [3.05, 3.63) is 23.4 Å². The zero-order chi connectivity index (χ0) is 13.9. The molecule has 3 rings (SSSR count). The maximum atomic E-state index is 5.14. The van der Waals surface area contributed by atoms with Crippen molar-refractivity contribution in [1.82, 2.24) is 30.1 Å². The molecule has 2 aromatic heterocycles. The van der Waals surface area contributed by atoms with Crippen LogP contribution in [0.25, 0.3) is 0 Å². The summed E-state index contributed by atoms with van der Waals surface area (Å²) in [5, 5.41) is 7.61. The lowest BCUT2D eigenvalue weighted by molar-refractivity contribution is 0.103. The maximum absolute atomic E-state index is 5.14. The van der Waals surface area contributed by atoms with E-state index in [-0.39, 0.29) is 0 Å². The third-order valence-corrected chi connectivity index (χ3v) is 3.32. The lowest BCUT2D eigenvalue weighted by Crippen LogP contribution is -2.45. The van der Waals surface area contributed by atoms with Crippen molar-refractivity contribution in [3.8, 4) is 0 Å². The number of aryl methyl sites for hydroxylation is 2. The highest BCUT2D eigenvalue weighted by atomic mass is 16.5. The Morgan fingerprint density at radius 2 is 1.20 bits per heavy atom. The van der Waals surface area contributed by atoms with Crippen LogP contribution in [0.1, 0.15) is 23.4 Å². The van der Waals surface area contributed by atoms with Gasteiger partial charge in [0, 0.05) is 26.2 Å². The van der Waals surface area contributed by atoms with Crippen LogP contribution in [0.2, 0.25) is 0 Å². The first-order valence-electron chi connectivity index (χ1n) is 6.72. The van der Waals surface area contributed by atoms with Crippen molar-refractivity contribution < 1.29 is 9.05 Å². The monoisotopic (exact) mass is 278 g/mol. The predicted molar refractivity (Wildman–Crippen MR) is 68.6 cm³/mol. The summed E-state index contributed by atoms with van der Waals surface area (Å²) < 4.78 is 10.3. The number of hydrogen-bond donors (Lipinski definition) is 0. The fourth-order valence-corrected chi connectivity index (χ4v) is 2.30. The Morgan fingerprint density at radius 3 is 1.50 bits per heavy atom. The molecule has 8 nitrogen and oxygen atoms in total. The molecular weight excluding hydrogens is 260 g/mol. The van der Waals surface area contributed by atoms with E-state index in [4.69, 9.17) is 9.05 Å². The molecule has 3 heterocycles. The molecule has 1 fully saturated rings. The lowest BCUT2D eigenvalue weighted by atomic mass is 10.3. The van der Waals surface area contributed by atoms with Crippen molar-refractivity contribution in [3.63, 3.8) is 0 Å². The Kier molecular flexibility index (Phi) is 3.75. The summed E-state index contributed by atoms with van der Waals surface area (Å²) in [5.41, 5.74) is 0. The minimum absolute atomic E-state index is 0.684. The van der Waals surface area contributed by atoms with Gasteiger partial charge in [0.1, 0.15) is 0 Å². The highest BCUT2D eigenvalue weighted by Crippen LogP contribution is 2.09. The van der Waals surface area contributed by atoms with E-state index in [0.29, 0.717) is 36.5 Å². The van der Waals surface area contributed by atoms with Crippen LogP contribution in [-0.2, 0) is 13.1 Å². The number of nitrogens with zero attached hydrogens (tertiary/aromatic N) is 6. The molecule has 0 bridgehead atoms. The van der Waals surface area contributed by atoms with Gasteiger partial charge in [-0.2, -0.15) is 9.97 Å². The second-order valence-electron chi connectivity index (χ2n) is 5.02. The summed E-state index contributed by atoms with van der Waals surface area (Å²) in [6.45, 7) is 8.96. The van der Waals surface area contributed by atoms with Gasteiger partial charge in [-0.1, -0.05) is 10.3 Å². The fraction of sp³-hybridized carbons (Fsp3) is 0.667. The highest BCUT2D eigenvalue weighted by molar-refractivity contribution is 4.86. The van der Waals surface area contributed by atoms with E-state index in [0.717, 1.165) is 26.2 Å². The molecule has 20 heavy (non-hydrogen) atoms. The summed E-state index contributed by atoms with van der Waals surface area (Å²) in [6.07, 6.45) is 0. The van der Waals surface area contributed by atoms with Crippen molar-refractivity contribution in [2.75, 3.05) is 26.2 Å². The average molecular weight is 278 g/mol. The zero-order valence-corrected chi connectivity index (χ0v) is 11.7. The number of hydrogen-bond acceptors (Lipinski definition) is 8. The molecule has 0 radical (unpaired) electrons. The van der Waals surface area contributed by atoms with Crippen LogP contribution in [0.15, 0.2) is 9.05 Å². The summed E-state index contributed by atoms with van der Waals surface area (Å²) >= 11 is 0. The zero-order valence-electron chi connectivity index (χ0n) is 11.7. The molecule has 0 atom stereocenters. The van der Waals surface area contributed by atoms with Crippen molar-refractivity contribution in [1.29, 1.82) is 0 Å². The molecule has 1 saturated heterocycles. The van der Waals surface area contributed by atoms with Gasteiger partial charge in [0.05, 0.1) is 13.1 Å². The number of piperazine rings is 1. The SMILES string of the molecule is Cc1noc(CN2CCN(Cc3nc(C)no3)CC2)n1. The molecule has 0 unspecified atom stereocenters. The summed E-state index contributed by atoms with van der Waals surface area (Å²) in [6, 6.07) is 0. The van der Waals surface area contributed by atoms with Gasteiger partial charge in [-0.05, 0) is 13.8 Å². The molecule has 0 N–H and O–H groups in total. The molecule has 1 aliphatic heterocycles. The summed E-state index contributed by atoms with van der Waals surface area (Å²) in [7, 11) is 0. The second kappa shape index (κ2) is 5.68. The van der Waals surface area contributed by atoms with E-state index < -0.39 is 0 Å². The normalized spacial score (nSPS) is 17.7. The van der Waals surface area contributed by atoms with Gasteiger partial charge < -0.3 is 9.05 Å². The Labute approximate surface area is 116 Å². The Morgan fingerprint density at radius 1 is 0.800 bits per heavy atom. The first-order valence-corrected chi connectivity index (χ1v) is 6.72. The number of rotatable bonds is 4. The van der Waals surface area contributed by atoms with Crippen LogP contribution >= 0.6 is 0 Å². The van der Waals surface area contributed by atoms with Crippen molar-refractivity contribution >= 4 is 0 Å². The molecule has 0 aliphatic carbocycles. The lowest BCUT2D eigenvalue weighted by Gasteiger charge is -2.32. The Bertz CT molecular complexity index is 508. The van der Waals surface area contributed by atoms with E-state index >= 15 is 0 Å². The van der Waals surface area contributed by atoms with E-state index in [2.05, 4.69) is 30.1 Å². The van der Waals surface area contributed by atoms with E-state index in [1.807, 2.05) is 13.8 Å². The molecular formula is C12H18N6O2. The van der Waals surface area contributed by atoms with Gasteiger partial charge in [0.2, 0.25) is 11.8 Å². The van der Waals surface area contributed by atoms with Crippen LogP contribution in [0.3, 0.4) is 0 Å². The molecule has 1 aliphatic rings. The molecule has 0 spiro atoms. The van der Waals surface area contributed by atoms with Gasteiger partial charge >= 0.3 is 0 Å². The summed E-state index contributed by atoms with van der Waals surface area (Å²) in [4.78, 5) is 13.1. The topological polar surface area (TPSA) is 84.3 Å². The molecule has 8 heteroatoms. The van der Waals surface area contributed by atoms with Crippen molar-refractivity contribution in [2.45, 2.75) is 26.9 Å². The average Bonchev–Trinajstić information content (AvgIpc) is 3.01. The van der Waals surface area contributed by atoms with Crippen LogP contribution in [0.4, 0.5) is 0 Å². The molecule has 0 amide bonds. The Hall–Kier alpha value is -1.80. The highest BCUT2D eigenvalue weighted by Gasteiger charge is 2.20. The molecule has 0 saturated carbocycles. The minimum Gasteiger partial charge on any atom is -0.338 e. The standard InChI is InChI=1S/C12H18N6O2/c1-9-13-11(19-15-9)7-17-3-5-18(6-4-17)8-12-14-10(2)16-20-12/h3-8H2,1-2H3. The van der Waals surface area contributed by atoms with Gasteiger partial charge in [0.25, 0.3) is 0 Å². The van der Waals surface area contributed by atoms with E-state index in [9.17, 15) is 0 Å². The first-order chi connectivity index (χ1) is 9.69. The minimum atomic E-state index is 0.684. The molecule has 0 aromatic carbocycles. The third kappa shape index (κ3) is 3.20. The second-order valence-corrected chi connectivity index (χ2v) is 5.02. The van der Waals surface area contributed by atoms with Crippen LogP contribution in [-0.4, -0.2) is 56.3 Å². The first kappa shape index (κ1) is 13.2. The van der Waals surface area contributed by atoms with E-state index in [1.54, 1.807) is 0 Å². The van der Waals surface area contributed by atoms with Crippen LogP contribution < -0.4 is 0 Å². The maximum Gasteiger partial charge on any atom is 0.240 e. The predicted octanol–water partition coefficient (Wildman–Crippen LogP) is 0.387. The van der Waals surface area contributed by atoms with Gasteiger partial charge in [-0.25, -0.2) is 0 Å². The summed E-state index contributed by atoms with van der Waals surface area (Å²) in [5.74, 6) is 2.74. The van der Waals surface area contributed by atoms with Crippen molar-refractivity contribution in [2.24, 2.45) is 0 Å². The number of aromatic nitrogens is 4. The van der Waals surface area contributed by atoms with Crippen LogP contribution in [0, 0.1) is 13.8 Å². The van der Waals surface area contributed by atoms with Gasteiger partial charge in [-0.3, -0.25) is 9.80 Å². The largest absolute Gasteiger partial charge is 0.338 e. The third-order valence-electron chi connectivity index (χ3n) is 3.32. The van der Waals surface area contributed by atoms with Gasteiger partial charge in [0.15, 0.2) is 11.6 Å². The fourth-order valence-electron chi connectivity index (χ4n) is 2.30. The Balaban J connectivity index is 1.47. The molecule has 108 valence electrons. The molecule has 2 aromatic rings. The van der Waals surface area contributed by atoms with Crippen LogP contribution in [0.5, 0.6) is 0 Å². The van der Waals surface area contributed by atoms with E-state index in [1.165, 1.54) is 0 Å². The smallest absolute Gasteiger partial charge is 0.240 e.